The van der Waals surface area contributed by atoms with Crippen molar-refractivity contribution in [2.75, 3.05) is 13.2 Å². The van der Waals surface area contributed by atoms with E-state index in [9.17, 15) is 14.4 Å². The van der Waals surface area contributed by atoms with Crippen molar-refractivity contribution in [2.45, 2.75) is 419 Å². The van der Waals surface area contributed by atoms with Gasteiger partial charge in [-0.15, -0.1) is 0 Å². The normalized spacial score (nSPS) is 12.2. The number of carbonyl (C=O) groups is 3. The minimum atomic E-state index is -0.776. The molecule has 0 saturated heterocycles. The van der Waals surface area contributed by atoms with Crippen LogP contribution in [0, 0.1) is 0 Å². The zero-order valence-corrected chi connectivity index (χ0v) is 55.5. The van der Waals surface area contributed by atoms with Gasteiger partial charge in [0.05, 0.1) is 0 Å². The minimum Gasteiger partial charge on any atom is -0.462 e. The molecule has 0 spiro atoms. The molecule has 6 nitrogen and oxygen atoms in total. The van der Waals surface area contributed by atoms with Gasteiger partial charge < -0.3 is 14.2 Å². The summed E-state index contributed by atoms with van der Waals surface area (Å²) in [7, 11) is 0. The smallest absolute Gasteiger partial charge is 0.306 e. The minimum absolute atomic E-state index is 0.0723. The molecule has 0 heterocycles. The Morgan fingerprint density at radius 1 is 0.244 bits per heavy atom. The predicted octanol–water partition coefficient (Wildman–Crippen LogP) is 25.5. The average molecular weight is 1150 g/mol. The van der Waals surface area contributed by atoms with E-state index in [2.05, 4.69) is 57.2 Å². The summed E-state index contributed by atoms with van der Waals surface area (Å²) in [6.07, 6.45) is 89.3. The van der Waals surface area contributed by atoms with Gasteiger partial charge in [-0.05, 0) is 70.6 Å². The van der Waals surface area contributed by atoms with Gasteiger partial charge >= 0.3 is 17.9 Å². The van der Waals surface area contributed by atoms with Crippen LogP contribution >= 0.6 is 0 Å². The van der Waals surface area contributed by atoms with E-state index >= 15 is 0 Å². The first-order valence-electron chi connectivity index (χ1n) is 37.0. The van der Waals surface area contributed by atoms with E-state index in [0.717, 1.165) is 77.0 Å². The van der Waals surface area contributed by atoms with Crippen molar-refractivity contribution in [2.24, 2.45) is 0 Å². The van der Waals surface area contributed by atoms with Gasteiger partial charge in [0.25, 0.3) is 0 Å². The molecule has 482 valence electrons. The molecule has 0 aromatic heterocycles. The molecule has 0 rings (SSSR count). The van der Waals surface area contributed by atoms with Crippen LogP contribution < -0.4 is 0 Å². The van der Waals surface area contributed by atoms with Gasteiger partial charge in [0, 0.05) is 19.3 Å². The lowest BCUT2D eigenvalue weighted by atomic mass is 10.0. The monoisotopic (exact) mass is 1150 g/mol. The third-order valence-corrected chi connectivity index (χ3v) is 16.8. The molecule has 0 aliphatic heterocycles. The van der Waals surface area contributed by atoms with Crippen molar-refractivity contribution < 1.29 is 28.6 Å². The quantitative estimate of drug-likeness (QED) is 0.0261. The van der Waals surface area contributed by atoms with Crippen LogP contribution in [0.1, 0.15) is 412 Å². The first-order valence-corrected chi connectivity index (χ1v) is 37.0. The first-order chi connectivity index (χ1) is 40.5. The number of ether oxygens (including phenoxy) is 3. The van der Waals surface area contributed by atoms with Gasteiger partial charge in [-0.25, -0.2) is 0 Å². The van der Waals surface area contributed by atoms with Crippen LogP contribution in [0.4, 0.5) is 0 Å². The molecule has 0 fully saturated rings. The summed E-state index contributed by atoms with van der Waals surface area (Å²) in [4.78, 5) is 38.3. The topological polar surface area (TPSA) is 78.9 Å². The second-order valence-corrected chi connectivity index (χ2v) is 25.2. The van der Waals surface area contributed by atoms with Crippen LogP contribution in [0.15, 0.2) is 36.5 Å². The lowest BCUT2D eigenvalue weighted by Gasteiger charge is -2.18. The summed E-state index contributed by atoms with van der Waals surface area (Å²) in [6, 6.07) is 0. The molecule has 0 aromatic carbocycles. The Hall–Kier alpha value is -2.37. The molecule has 0 aromatic rings. The lowest BCUT2D eigenvalue weighted by molar-refractivity contribution is -0.167. The molecule has 6 heteroatoms. The van der Waals surface area contributed by atoms with E-state index in [-0.39, 0.29) is 31.1 Å². The van der Waals surface area contributed by atoms with Crippen LogP contribution in [0.2, 0.25) is 0 Å². The standard InChI is InChI=1S/C76H142O6/c1-4-7-10-13-16-19-22-24-26-28-30-32-33-34-35-36-37-38-39-40-41-42-43-45-46-48-50-52-54-57-60-63-66-69-75(78)81-72-73(71-80-74(77)68-65-62-59-56-21-18-15-12-9-6-3)82-76(79)70-67-64-61-58-55-53-51-49-47-44-31-29-27-25-23-20-17-14-11-8-5-2/h12,15,23,25,29,31,73H,4-11,13-14,16-22,24,26-28,30,32-72H2,1-3H3/b15-12-,25-23-,31-29-. The highest BCUT2D eigenvalue weighted by molar-refractivity contribution is 5.71. The van der Waals surface area contributed by atoms with E-state index in [1.165, 1.54) is 295 Å². The van der Waals surface area contributed by atoms with Crippen LogP contribution in [0.3, 0.4) is 0 Å². The van der Waals surface area contributed by atoms with Crippen molar-refractivity contribution >= 4 is 17.9 Å². The maximum Gasteiger partial charge on any atom is 0.306 e. The molecule has 82 heavy (non-hydrogen) atoms. The van der Waals surface area contributed by atoms with E-state index < -0.39 is 6.10 Å². The molecule has 0 bridgehead atoms. The van der Waals surface area contributed by atoms with Gasteiger partial charge in [0.15, 0.2) is 6.10 Å². The molecule has 1 unspecified atom stereocenters. The number of rotatable bonds is 69. The molecule has 0 saturated carbocycles. The molecule has 0 N–H and O–H groups in total. The molecule has 0 aliphatic carbocycles. The van der Waals surface area contributed by atoms with E-state index in [0.29, 0.717) is 19.3 Å². The first kappa shape index (κ1) is 79.6. The maximum atomic E-state index is 12.9. The lowest BCUT2D eigenvalue weighted by Crippen LogP contribution is -2.30. The van der Waals surface area contributed by atoms with E-state index in [1.807, 2.05) is 0 Å². The molecule has 0 radical (unpaired) electrons. The summed E-state index contributed by atoms with van der Waals surface area (Å²) in [5, 5.41) is 0. The van der Waals surface area contributed by atoms with Crippen molar-refractivity contribution in [3.8, 4) is 0 Å². The van der Waals surface area contributed by atoms with Crippen molar-refractivity contribution in [1.29, 1.82) is 0 Å². The number of hydrogen-bond acceptors (Lipinski definition) is 6. The Bertz CT molecular complexity index is 1370. The van der Waals surface area contributed by atoms with Crippen LogP contribution in [-0.4, -0.2) is 37.2 Å². The highest BCUT2D eigenvalue weighted by Crippen LogP contribution is 2.19. The largest absolute Gasteiger partial charge is 0.462 e. The Morgan fingerprint density at radius 2 is 0.463 bits per heavy atom. The van der Waals surface area contributed by atoms with Gasteiger partial charge in [-0.1, -0.05) is 359 Å². The summed E-state index contributed by atoms with van der Waals surface area (Å²) < 4.78 is 16.9. The Labute approximate surface area is 512 Å². The molecular formula is C76H142O6. The van der Waals surface area contributed by atoms with Crippen molar-refractivity contribution in [3.05, 3.63) is 36.5 Å². The Balaban J connectivity index is 4.05. The van der Waals surface area contributed by atoms with Crippen LogP contribution in [-0.2, 0) is 28.6 Å². The summed E-state index contributed by atoms with van der Waals surface area (Å²) >= 11 is 0. The second kappa shape index (κ2) is 71.1. The zero-order valence-electron chi connectivity index (χ0n) is 55.5. The molecule has 0 amide bonds. The van der Waals surface area contributed by atoms with Gasteiger partial charge in [-0.2, -0.15) is 0 Å². The Morgan fingerprint density at radius 3 is 0.732 bits per heavy atom. The summed E-state index contributed by atoms with van der Waals surface area (Å²) in [5.41, 5.74) is 0. The zero-order chi connectivity index (χ0) is 59.2. The van der Waals surface area contributed by atoms with Gasteiger partial charge in [-0.3, -0.25) is 14.4 Å². The fourth-order valence-corrected chi connectivity index (χ4v) is 11.3. The highest BCUT2D eigenvalue weighted by Gasteiger charge is 2.19. The number of allylic oxidation sites excluding steroid dienone is 6. The van der Waals surface area contributed by atoms with Gasteiger partial charge in [0.2, 0.25) is 0 Å². The van der Waals surface area contributed by atoms with Crippen LogP contribution in [0.5, 0.6) is 0 Å². The van der Waals surface area contributed by atoms with E-state index in [4.69, 9.17) is 14.2 Å². The number of carbonyl (C=O) groups excluding carboxylic acids is 3. The fraction of sp³-hybridized carbons (Fsp3) is 0.882. The van der Waals surface area contributed by atoms with E-state index in [1.54, 1.807) is 0 Å². The molecule has 1 atom stereocenters. The predicted molar refractivity (Wildman–Crippen MR) is 358 cm³/mol. The maximum absolute atomic E-state index is 12.9. The summed E-state index contributed by atoms with van der Waals surface area (Å²) in [6.45, 7) is 6.63. The number of unbranched alkanes of at least 4 members (excludes halogenated alkanes) is 52. The SMILES string of the molecule is CCC/C=C\CCCCCCCC(=O)OCC(COC(=O)CCCCCCCCCCCCCCCCCCCCCCCCCCCCCCCCCCC)OC(=O)CCCCCCCCCCC/C=C\C/C=C\CCCCCCC. The third kappa shape index (κ3) is 68.4. The fourth-order valence-electron chi connectivity index (χ4n) is 11.3. The molecule has 0 aliphatic rings. The molecular weight excluding hydrogens is 1010 g/mol. The number of esters is 3. The third-order valence-electron chi connectivity index (χ3n) is 16.8. The Kier molecular flexibility index (Phi) is 69.1. The highest BCUT2D eigenvalue weighted by atomic mass is 16.6. The number of hydrogen-bond donors (Lipinski definition) is 0. The van der Waals surface area contributed by atoms with Gasteiger partial charge in [0.1, 0.15) is 13.2 Å². The van der Waals surface area contributed by atoms with Crippen molar-refractivity contribution in [1.82, 2.24) is 0 Å². The summed E-state index contributed by atoms with van der Waals surface area (Å²) in [5.74, 6) is -0.862. The average Bonchev–Trinajstić information content (AvgIpc) is 3.47. The second-order valence-electron chi connectivity index (χ2n) is 25.2. The van der Waals surface area contributed by atoms with Crippen molar-refractivity contribution in [3.63, 3.8) is 0 Å². The van der Waals surface area contributed by atoms with Crippen LogP contribution in [0.25, 0.3) is 0 Å².